The number of hydrogen-bond donors (Lipinski definition) is 1. The zero-order valence-electron chi connectivity index (χ0n) is 17.0. The van der Waals surface area contributed by atoms with Crippen molar-refractivity contribution in [1.29, 1.82) is 0 Å². The maximum absolute atomic E-state index is 13.0. The van der Waals surface area contributed by atoms with Crippen molar-refractivity contribution in [2.45, 2.75) is 20.0 Å². The summed E-state index contributed by atoms with van der Waals surface area (Å²) in [4.78, 5) is 25.4. The first kappa shape index (κ1) is 20.3. The zero-order chi connectivity index (χ0) is 22.0. The van der Waals surface area contributed by atoms with E-state index in [1.807, 2.05) is 30.3 Å². The quantitative estimate of drug-likeness (QED) is 0.478. The molecule has 3 aromatic carbocycles. The average molecular weight is 417 g/mol. The van der Waals surface area contributed by atoms with E-state index >= 15 is 0 Å². The Labute approximate surface area is 178 Å². The van der Waals surface area contributed by atoms with Gasteiger partial charge in [-0.25, -0.2) is 4.39 Å². The van der Waals surface area contributed by atoms with E-state index in [9.17, 15) is 14.0 Å². The third kappa shape index (κ3) is 4.33. The van der Waals surface area contributed by atoms with Crippen molar-refractivity contribution >= 4 is 22.6 Å². The van der Waals surface area contributed by atoms with Gasteiger partial charge in [0.15, 0.2) is 6.10 Å². The summed E-state index contributed by atoms with van der Waals surface area (Å²) in [5, 5.41) is 3.10. The summed E-state index contributed by atoms with van der Waals surface area (Å²) in [7, 11) is 0. The average Bonchev–Trinajstić information content (AvgIpc) is 2.76. The fraction of sp³-hybridized carbons (Fsp3) is 0.120. The largest absolute Gasteiger partial charge is 0.481 e. The van der Waals surface area contributed by atoms with Crippen molar-refractivity contribution in [1.82, 2.24) is 0 Å². The second-order valence-corrected chi connectivity index (χ2v) is 7.14. The van der Waals surface area contributed by atoms with E-state index in [0.717, 1.165) is 5.56 Å². The fourth-order valence-electron chi connectivity index (χ4n) is 3.33. The smallest absolute Gasteiger partial charge is 0.265 e. The molecule has 1 N–H and O–H groups in total. The number of hydrogen-bond acceptors (Lipinski definition) is 4. The highest BCUT2D eigenvalue weighted by Crippen LogP contribution is 2.26. The third-order valence-electron chi connectivity index (χ3n) is 4.90. The molecule has 1 aromatic heterocycles. The van der Waals surface area contributed by atoms with Crippen LogP contribution in [0.4, 0.5) is 10.1 Å². The van der Waals surface area contributed by atoms with Gasteiger partial charge in [0.25, 0.3) is 5.91 Å². The number of carbonyl (C=O) groups is 1. The van der Waals surface area contributed by atoms with Gasteiger partial charge >= 0.3 is 0 Å². The van der Waals surface area contributed by atoms with Gasteiger partial charge in [0.05, 0.1) is 10.9 Å². The molecule has 31 heavy (non-hydrogen) atoms. The normalized spacial score (nSPS) is 11.8. The summed E-state index contributed by atoms with van der Waals surface area (Å²) in [5.74, 6) is 0.127. The van der Waals surface area contributed by atoms with E-state index in [-0.39, 0.29) is 17.2 Å². The van der Waals surface area contributed by atoms with Crippen LogP contribution in [0.25, 0.3) is 22.1 Å². The minimum atomic E-state index is -0.820. The lowest BCUT2D eigenvalue weighted by atomic mass is 10.0. The van der Waals surface area contributed by atoms with Crippen LogP contribution in [-0.2, 0) is 4.79 Å². The molecule has 0 aliphatic rings. The van der Waals surface area contributed by atoms with E-state index in [2.05, 4.69) is 5.32 Å². The van der Waals surface area contributed by atoms with Crippen LogP contribution in [0, 0.1) is 12.7 Å². The number of fused-ring (bicyclic) bond motifs is 1. The molecule has 5 nitrogen and oxygen atoms in total. The number of carbonyl (C=O) groups excluding carboxylic acids is 1. The lowest BCUT2D eigenvalue weighted by molar-refractivity contribution is -0.122. The first-order valence-corrected chi connectivity index (χ1v) is 9.78. The summed E-state index contributed by atoms with van der Waals surface area (Å²) < 4.78 is 24.6. The fourth-order valence-corrected chi connectivity index (χ4v) is 3.33. The van der Waals surface area contributed by atoms with Crippen LogP contribution >= 0.6 is 0 Å². The maximum atomic E-state index is 13.0. The number of ether oxygens (including phenoxy) is 1. The lowest BCUT2D eigenvalue weighted by Gasteiger charge is -2.15. The summed E-state index contributed by atoms with van der Waals surface area (Å²) in [6.07, 6.45) is -0.820. The van der Waals surface area contributed by atoms with Gasteiger partial charge in [0, 0.05) is 11.8 Å². The molecule has 0 saturated carbocycles. The van der Waals surface area contributed by atoms with E-state index in [4.69, 9.17) is 9.15 Å². The van der Waals surface area contributed by atoms with E-state index in [0.29, 0.717) is 33.7 Å². The van der Waals surface area contributed by atoms with Gasteiger partial charge in [0.1, 0.15) is 22.9 Å². The van der Waals surface area contributed by atoms with Gasteiger partial charge in [-0.2, -0.15) is 0 Å². The summed E-state index contributed by atoms with van der Waals surface area (Å²) in [6, 6.07) is 19.7. The molecule has 0 radical (unpaired) electrons. The number of amides is 1. The topological polar surface area (TPSA) is 68.5 Å². The van der Waals surface area contributed by atoms with Gasteiger partial charge in [-0.1, -0.05) is 30.3 Å². The molecule has 1 heterocycles. The predicted molar refractivity (Wildman–Crippen MR) is 118 cm³/mol. The zero-order valence-corrected chi connectivity index (χ0v) is 17.0. The van der Waals surface area contributed by atoms with Gasteiger partial charge in [-0.3, -0.25) is 9.59 Å². The van der Waals surface area contributed by atoms with Gasteiger partial charge in [0.2, 0.25) is 5.43 Å². The standard InChI is InChI=1S/C25H20FNO4/c1-15-23(17-6-4-3-5-7-17)24(28)21-13-12-20(14-22(21)31-15)30-16(2)25(29)27-19-10-8-18(26)9-11-19/h3-14,16H,1-2H3,(H,27,29)/t16-/m0/s1. The van der Waals surface area contributed by atoms with Crippen LogP contribution in [0.1, 0.15) is 12.7 Å². The monoisotopic (exact) mass is 417 g/mol. The van der Waals surface area contributed by atoms with E-state index < -0.39 is 6.10 Å². The Morgan fingerprint density at radius 2 is 1.74 bits per heavy atom. The van der Waals surface area contributed by atoms with Crippen LogP contribution in [0.15, 0.2) is 82.0 Å². The third-order valence-corrected chi connectivity index (χ3v) is 4.90. The first-order chi connectivity index (χ1) is 14.9. The SMILES string of the molecule is Cc1oc2cc(O[C@@H](C)C(=O)Nc3ccc(F)cc3)ccc2c(=O)c1-c1ccccc1. The molecule has 156 valence electrons. The number of aryl methyl sites for hydroxylation is 1. The van der Waals surface area contributed by atoms with E-state index in [1.165, 1.54) is 24.3 Å². The highest BCUT2D eigenvalue weighted by molar-refractivity contribution is 5.94. The molecule has 4 aromatic rings. The van der Waals surface area contributed by atoms with Crippen LogP contribution in [0.2, 0.25) is 0 Å². The molecule has 1 amide bonds. The Morgan fingerprint density at radius 3 is 2.45 bits per heavy atom. The van der Waals surface area contributed by atoms with Gasteiger partial charge < -0.3 is 14.5 Å². The number of halogens is 1. The molecule has 4 rings (SSSR count). The second-order valence-electron chi connectivity index (χ2n) is 7.14. The molecule has 0 spiro atoms. The Bertz CT molecular complexity index is 1300. The van der Waals surface area contributed by atoms with Crippen molar-refractivity contribution in [2.75, 3.05) is 5.32 Å². The summed E-state index contributed by atoms with van der Waals surface area (Å²) in [5.41, 5.74) is 2.04. The van der Waals surface area contributed by atoms with Crippen molar-refractivity contribution in [2.24, 2.45) is 0 Å². The molecule has 0 unspecified atom stereocenters. The minimum Gasteiger partial charge on any atom is -0.481 e. The summed E-state index contributed by atoms with van der Waals surface area (Å²) in [6.45, 7) is 3.35. The van der Waals surface area contributed by atoms with Crippen LogP contribution in [-0.4, -0.2) is 12.0 Å². The highest BCUT2D eigenvalue weighted by atomic mass is 19.1. The predicted octanol–water partition coefficient (Wildman–Crippen LogP) is 5.31. The van der Waals surface area contributed by atoms with Crippen molar-refractivity contribution in [3.63, 3.8) is 0 Å². The number of rotatable bonds is 5. The molecule has 0 fully saturated rings. The Balaban J connectivity index is 1.57. The number of benzene rings is 3. The minimum absolute atomic E-state index is 0.126. The van der Waals surface area contributed by atoms with Crippen LogP contribution in [0.5, 0.6) is 5.75 Å². The molecule has 1 atom stereocenters. The molecule has 0 bridgehead atoms. The van der Waals surface area contributed by atoms with Gasteiger partial charge in [-0.15, -0.1) is 0 Å². The van der Waals surface area contributed by atoms with E-state index in [1.54, 1.807) is 32.0 Å². The van der Waals surface area contributed by atoms with Crippen LogP contribution < -0.4 is 15.5 Å². The van der Waals surface area contributed by atoms with Crippen molar-refractivity contribution in [3.8, 4) is 16.9 Å². The number of anilines is 1. The summed E-state index contributed by atoms with van der Waals surface area (Å²) >= 11 is 0. The molecule has 0 aliphatic carbocycles. The first-order valence-electron chi connectivity index (χ1n) is 9.78. The Hall–Kier alpha value is -3.93. The second kappa shape index (κ2) is 8.44. The Kier molecular flexibility index (Phi) is 5.54. The molecule has 0 aliphatic heterocycles. The maximum Gasteiger partial charge on any atom is 0.265 e. The molecule has 0 saturated heterocycles. The molecule has 6 heteroatoms. The molecular weight excluding hydrogens is 397 g/mol. The number of nitrogens with one attached hydrogen (secondary N) is 1. The van der Waals surface area contributed by atoms with Crippen LogP contribution in [0.3, 0.4) is 0 Å². The van der Waals surface area contributed by atoms with Crippen molar-refractivity contribution in [3.05, 3.63) is 94.6 Å². The van der Waals surface area contributed by atoms with Gasteiger partial charge in [-0.05, 0) is 55.8 Å². The molecular formula is C25H20FNO4. The Morgan fingerprint density at radius 1 is 1.03 bits per heavy atom. The highest BCUT2D eigenvalue weighted by Gasteiger charge is 2.17. The lowest BCUT2D eigenvalue weighted by Crippen LogP contribution is -2.30. The van der Waals surface area contributed by atoms with Crippen molar-refractivity contribution < 1.29 is 18.3 Å².